The van der Waals surface area contributed by atoms with Gasteiger partial charge in [0, 0.05) is 5.39 Å². The van der Waals surface area contributed by atoms with Gasteiger partial charge in [-0.15, -0.1) is 0 Å². The highest BCUT2D eigenvalue weighted by Gasteiger charge is 2.49. The summed E-state index contributed by atoms with van der Waals surface area (Å²) in [7, 11) is 0. The zero-order valence-corrected chi connectivity index (χ0v) is 14.1. The first-order valence-electron chi connectivity index (χ1n) is 8.03. The van der Waals surface area contributed by atoms with Gasteiger partial charge < -0.3 is 15.6 Å². The number of hydrogen-bond donors (Lipinski definition) is 2. The lowest BCUT2D eigenvalue weighted by atomic mass is 9.79. The lowest BCUT2D eigenvalue weighted by molar-refractivity contribution is -0.151. The minimum absolute atomic E-state index is 0.198. The molecule has 0 aliphatic carbocycles. The van der Waals surface area contributed by atoms with Crippen LogP contribution in [-0.4, -0.2) is 28.1 Å². The van der Waals surface area contributed by atoms with E-state index in [2.05, 4.69) is 4.98 Å². The van der Waals surface area contributed by atoms with E-state index >= 15 is 0 Å². The zero-order valence-electron chi connectivity index (χ0n) is 14.1. The second kappa shape index (κ2) is 6.84. The lowest BCUT2D eigenvalue weighted by Crippen LogP contribution is -2.54. The fourth-order valence-corrected chi connectivity index (χ4v) is 2.81. The summed E-state index contributed by atoms with van der Waals surface area (Å²) in [6.45, 7) is 1.39. The third-order valence-electron chi connectivity index (χ3n) is 4.35. The Kier molecular flexibility index (Phi) is 4.58. The van der Waals surface area contributed by atoms with Crippen molar-refractivity contribution in [1.29, 1.82) is 0 Å². The molecule has 0 aliphatic rings. The Morgan fingerprint density at radius 3 is 2.35 bits per heavy atom. The normalized spacial score (nSPS) is 14.3. The number of carbonyl (C=O) groups is 2. The van der Waals surface area contributed by atoms with Crippen LogP contribution in [0.3, 0.4) is 0 Å². The fraction of sp³-hybridized carbons (Fsp3) is 0.150. The van der Waals surface area contributed by atoms with Crippen LogP contribution in [0.1, 0.15) is 12.6 Å². The highest BCUT2D eigenvalue weighted by atomic mass is 16.5. The molecule has 0 fully saturated rings. The number of ether oxygens (including phenoxy) is 1. The number of nitrogens with two attached hydrogens (primary N) is 1. The summed E-state index contributed by atoms with van der Waals surface area (Å²) in [5.74, 6) is -1.78. The second-order valence-electron chi connectivity index (χ2n) is 6.11. The van der Waals surface area contributed by atoms with Crippen LogP contribution in [0.4, 0.5) is 0 Å². The van der Waals surface area contributed by atoms with E-state index in [0.29, 0.717) is 11.3 Å². The van der Waals surface area contributed by atoms with Crippen molar-refractivity contribution in [2.45, 2.75) is 18.4 Å². The molecule has 1 amide bonds. The van der Waals surface area contributed by atoms with Gasteiger partial charge in [-0.3, -0.25) is 14.6 Å². The van der Waals surface area contributed by atoms with E-state index in [9.17, 15) is 14.7 Å². The van der Waals surface area contributed by atoms with E-state index in [1.54, 1.807) is 48.5 Å². The van der Waals surface area contributed by atoms with E-state index in [1.165, 1.54) is 6.92 Å². The van der Waals surface area contributed by atoms with Crippen molar-refractivity contribution < 1.29 is 19.4 Å². The van der Waals surface area contributed by atoms with Gasteiger partial charge in [0.05, 0.1) is 11.2 Å². The third-order valence-corrected chi connectivity index (χ3v) is 4.35. The Morgan fingerprint density at radius 1 is 1.04 bits per heavy atom. The molecule has 1 aromatic heterocycles. The Morgan fingerprint density at radius 2 is 1.69 bits per heavy atom. The molecule has 0 bridgehead atoms. The molecule has 0 saturated heterocycles. The first-order valence-corrected chi connectivity index (χ1v) is 8.03. The summed E-state index contributed by atoms with van der Waals surface area (Å²) in [5.41, 5.74) is 4.57. The molecular weight excluding hydrogens is 332 g/mol. The van der Waals surface area contributed by atoms with Gasteiger partial charge in [0.1, 0.15) is 5.75 Å². The predicted octanol–water partition coefficient (Wildman–Crippen LogP) is 2.51. The van der Waals surface area contributed by atoms with E-state index < -0.39 is 23.4 Å². The van der Waals surface area contributed by atoms with Crippen LogP contribution < -0.4 is 10.5 Å². The smallest absolute Gasteiger partial charge is 0.319 e. The van der Waals surface area contributed by atoms with E-state index in [0.717, 1.165) is 5.39 Å². The van der Waals surface area contributed by atoms with Gasteiger partial charge in [-0.25, -0.2) is 0 Å². The maximum atomic E-state index is 12.2. The molecule has 3 rings (SSSR count). The van der Waals surface area contributed by atoms with Gasteiger partial charge in [0.2, 0.25) is 0 Å². The Balaban J connectivity index is 2.11. The number of carboxylic acid groups (broad SMARTS) is 1. The van der Waals surface area contributed by atoms with Gasteiger partial charge in [0.15, 0.2) is 11.5 Å². The summed E-state index contributed by atoms with van der Waals surface area (Å²) < 4.78 is 5.67. The summed E-state index contributed by atoms with van der Waals surface area (Å²) in [5, 5.41) is 10.8. The molecule has 2 aromatic carbocycles. The molecule has 0 spiro atoms. The van der Waals surface area contributed by atoms with Crippen molar-refractivity contribution in [1.82, 2.24) is 4.98 Å². The SMILES string of the molecule is CC(C(=O)O)(c1ccc2ccccc2n1)C(Oc1ccccc1)C(N)=O. The number of benzene rings is 2. The molecule has 132 valence electrons. The number of primary amides is 1. The summed E-state index contributed by atoms with van der Waals surface area (Å²) in [6.07, 6.45) is -1.43. The van der Waals surface area contributed by atoms with Gasteiger partial charge >= 0.3 is 5.97 Å². The fourth-order valence-electron chi connectivity index (χ4n) is 2.81. The number of carbonyl (C=O) groups excluding carboxylic acids is 1. The van der Waals surface area contributed by atoms with E-state index in [4.69, 9.17) is 10.5 Å². The van der Waals surface area contributed by atoms with Crippen molar-refractivity contribution in [2.75, 3.05) is 0 Å². The number of aliphatic carboxylic acids is 1. The number of para-hydroxylation sites is 2. The van der Waals surface area contributed by atoms with Gasteiger partial charge in [-0.05, 0) is 31.2 Å². The van der Waals surface area contributed by atoms with Gasteiger partial charge in [-0.2, -0.15) is 0 Å². The topological polar surface area (TPSA) is 103 Å². The molecule has 26 heavy (non-hydrogen) atoms. The van der Waals surface area contributed by atoms with Gasteiger partial charge in [-0.1, -0.05) is 42.5 Å². The standard InChI is InChI=1S/C20H18N2O4/c1-20(19(24)25,16-12-11-13-7-5-6-10-15(13)22-16)17(18(21)23)26-14-8-3-2-4-9-14/h2-12,17H,1H3,(H2,21,23)(H,24,25). The third kappa shape index (κ3) is 3.09. The highest BCUT2D eigenvalue weighted by Crippen LogP contribution is 2.31. The quantitative estimate of drug-likeness (QED) is 0.711. The van der Waals surface area contributed by atoms with Crippen molar-refractivity contribution in [3.05, 3.63) is 72.4 Å². The second-order valence-corrected chi connectivity index (χ2v) is 6.11. The van der Waals surface area contributed by atoms with Crippen LogP contribution in [-0.2, 0) is 15.0 Å². The number of nitrogens with zero attached hydrogens (tertiary/aromatic N) is 1. The van der Waals surface area contributed by atoms with Crippen LogP contribution in [0.15, 0.2) is 66.7 Å². The number of amides is 1. The van der Waals surface area contributed by atoms with Crippen molar-refractivity contribution in [3.63, 3.8) is 0 Å². The molecule has 1 heterocycles. The summed E-state index contributed by atoms with van der Waals surface area (Å²) in [6, 6.07) is 19.2. The molecule has 6 nitrogen and oxygen atoms in total. The summed E-state index contributed by atoms with van der Waals surface area (Å²) in [4.78, 5) is 28.7. The Bertz CT molecular complexity index is 958. The van der Waals surface area contributed by atoms with Crippen molar-refractivity contribution >= 4 is 22.8 Å². The lowest BCUT2D eigenvalue weighted by Gasteiger charge is -2.31. The van der Waals surface area contributed by atoms with Gasteiger partial charge in [0.25, 0.3) is 5.91 Å². The molecule has 2 unspecified atom stereocenters. The molecular formula is C20H18N2O4. The maximum Gasteiger partial charge on any atom is 0.319 e. The van der Waals surface area contributed by atoms with Crippen molar-refractivity contribution in [3.8, 4) is 5.75 Å². The first-order chi connectivity index (χ1) is 12.4. The van der Waals surface area contributed by atoms with Crippen LogP contribution in [0.25, 0.3) is 10.9 Å². The number of fused-ring (bicyclic) bond motifs is 1. The molecule has 3 aromatic rings. The number of rotatable bonds is 6. The number of carboxylic acids is 1. The molecule has 0 aliphatic heterocycles. The van der Waals surface area contributed by atoms with Crippen molar-refractivity contribution in [2.24, 2.45) is 5.73 Å². The average molecular weight is 350 g/mol. The van der Waals surface area contributed by atoms with Crippen LogP contribution in [0, 0.1) is 0 Å². The minimum Gasteiger partial charge on any atom is -0.480 e. The molecule has 3 N–H and O–H groups in total. The maximum absolute atomic E-state index is 12.2. The summed E-state index contributed by atoms with van der Waals surface area (Å²) >= 11 is 0. The largest absolute Gasteiger partial charge is 0.480 e. The van der Waals surface area contributed by atoms with E-state index in [-0.39, 0.29) is 5.69 Å². The average Bonchev–Trinajstić information content (AvgIpc) is 2.65. The number of pyridine rings is 1. The predicted molar refractivity (Wildman–Crippen MR) is 96.8 cm³/mol. The number of aromatic nitrogens is 1. The van der Waals surface area contributed by atoms with Crippen LogP contribution >= 0.6 is 0 Å². The zero-order chi connectivity index (χ0) is 18.7. The van der Waals surface area contributed by atoms with Crippen LogP contribution in [0.2, 0.25) is 0 Å². The Labute approximate surface area is 150 Å². The number of hydrogen-bond acceptors (Lipinski definition) is 4. The highest BCUT2D eigenvalue weighted by molar-refractivity contribution is 5.92. The molecule has 6 heteroatoms. The monoisotopic (exact) mass is 350 g/mol. The minimum atomic E-state index is -1.76. The Hall–Kier alpha value is -3.41. The van der Waals surface area contributed by atoms with Crippen LogP contribution in [0.5, 0.6) is 5.75 Å². The molecule has 0 saturated carbocycles. The molecule has 0 radical (unpaired) electrons. The molecule has 2 atom stereocenters. The first kappa shape index (κ1) is 17.4. The van der Waals surface area contributed by atoms with E-state index in [1.807, 2.05) is 18.2 Å².